The van der Waals surface area contributed by atoms with Gasteiger partial charge in [0.05, 0.1) is 0 Å². The Bertz CT molecular complexity index is 298. The van der Waals surface area contributed by atoms with Gasteiger partial charge in [-0.05, 0) is 51.1 Å². The molecule has 15 heavy (non-hydrogen) atoms. The number of nitrogens with one attached hydrogen (secondary N) is 1. The van der Waals surface area contributed by atoms with E-state index in [1.54, 1.807) is 0 Å². The Morgan fingerprint density at radius 2 is 1.93 bits per heavy atom. The molecule has 0 aliphatic heterocycles. The average Bonchev–Trinajstić information content (AvgIpc) is 3.02. The first-order chi connectivity index (χ1) is 7.24. The van der Waals surface area contributed by atoms with E-state index in [2.05, 4.69) is 43.4 Å². The van der Waals surface area contributed by atoms with Gasteiger partial charge in [-0.1, -0.05) is 29.8 Å². The molecule has 1 aromatic carbocycles. The molecule has 1 atom stereocenters. The zero-order chi connectivity index (χ0) is 10.7. The summed E-state index contributed by atoms with van der Waals surface area (Å²) in [5, 5.41) is 3.61. The topological polar surface area (TPSA) is 12.0 Å². The van der Waals surface area contributed by atoms with Crippen molar-refractivity contribution in [2.75, 3.05) is 6.54 Å². The Kier molecular flexibility index (Phi) is 3.42. The van der Waals surface area contributed by atoms with E-state index in [0.717, 1.165) is 12.3 Å². The van der Waals surface area contributed by atoms with Crippen molar-refractivity contribution in [2.45, 2.75) is 39.2 Å². The highest BCUT2D eigenvalue weighted by Gasteiger charge is 2.21. The number of hydrogen-bond donors (Lipinski definition) is 1. The molecular formula is C14H21N. The van der Waals surface area contributed by atoms with E-state index >= 15 is 0 Å². The third kappa shape index (κ3) is 3.67. The number of aryl methyl sites for hydroxylation is 1. The van der Waals surface area contributed by atoms with Gasteiger partial charge in [0.15, 0.2) is 0 Å². The summed E-state index contributed by atoms with van der Waals surface area (Å²) in [6.07, 6.45) is 4.02. The van der Waals surface area contributed by atoms with E-state index in [1.807, 2.05) is 0 Å². The molecule has 0 radical (unpaired) electrons. The summed E-state index contributed by atoms with van der Waals surface area (Å²) in [4.78, 5) is 0. The van der Waals surface area contributed by atoms with Crippen molar-refractivity contribution in [2.24, 2.45) is 5.92 Å². The van der Waals surface area contributed by atoms with Gasteiger partial charge in [0.2, 0.25) is 0 Å². The van der Waals surface area contributed by atoms with Crippen LogP contribution in [-0.2, 0) is 6.42 Å². The highest BCUT2D eigenvalue weighted by molar-refractivity contribution is 5.21. The van der Waals surface area contributed by atoms with Gasteiger partial charge in [0.1, 0.15) is 0 Å². The van der Waals surface area contributed by atoms with E-state index in [-0.39, 0.29) is 0 Å². The summed E-state index contributed by atoms with van der Waals surface area (Å²) in [7, 11) is 0. The van der Waals surface area contributed by atoms with Crippen LogP contribution in [0.1, 0.15) is 30.9 Å². The zero-order valence-electron chi connectivity index (χ0n) is 9.79. The van der Waals surface area contributed by atoms with Crippen LogP contribution in [0.5, 0.6) is 0 Å². The summed E-state index contributed by atoms with van der Waals surface area (Å²) in [6.45, 7) is 5.63. The van der Waals surface area contributed by atoms with Crippen LogP contribution in [0.2, 0.25) is 0 Å². The van der Waals surface area contributed by atoms with Crippen molar-refractivity contribution in [1.29, 1.82) is 0 Å². The normalized spacial score (nSPS) is 17.7. The fraction of sp³-hybridized carbons (Fsp3) is 0.571. The minimum absolute atomic E-state index is 0.605. The fourth-order valence-corrected chi connectivity index (χ4v) is 1.84. The predicted molar refractivity (Wildman–Crippen MR) is 65.1 cm³/mol. The minimum Gasteiger partial charge on any atom is -0.314 e. The summed E-state index contributed by atoms with van der Waals surface area (Å²) < 4.78 is 0. The quantitative estimate of drug-likeness (QED) is 0.776. The van der Waals surface area contributed by atoms with Crippen molar-refractivity contribution in [1.82, 2.24) is 5.32 Å². The van der Waals surface area contributed by atoms with Crippen LogP contribution in [0.3, 0.4) is 0 Å². The SMILES string of the molecule is Cc1ccc(CC(C)NCC2CC2)cc1. The third-order valence-corrected chi connectivity index (χ3v) is 3.11. The third-order valence-electron chi connectivity index (χ3n) is 3.11. The molecule has 0 bridgehead atoms. The Morgan fingerprint density at radius 1 is 1.27 bits per heavy atom. The maximum absolute atomic E-state index is 3.61. The highest BCUT2D eigenvalue weighted by Crippen LogP contribution is 2.27. The minimum atomic E-state index is 0.605. The summed E-state index contributed by atoms with van der Waals surface area (Å²) in [6, 6.07) is 9.48. The Hall–Kier alpha value is -0.820. The Labute approximate surface area is 92.9 Å². The summed E-state index contributed by atoms with van der Waals surface area (Å²) in [5.41, 5.74) is 2.79. The molecule has 1 aromatic rings. The van der Waals surface area contributed by atoms with Gasteiger partial charge in [0, 0.05) is 6.04 Å². The molecule has 0 aromatic heterocycles. The number of hydrogen-bond acceptors (Lipinski definition) is 1. The molecule has 0 heterocycles. The van der Waals surface area contributed by atoms with Gasteiger partial charge in [-0.3, -0.25) is 0 Å². The zero-order valence-corrected chi connectivity index (χ0v) is 9.79. The molecule has 82 valence electrons. The lowest BCUT2D eigenvalue weighted by Gasteiger charge is -2.13. The summed E-state index contributed by atoms with van der Waals surface area (Å²) in [5.74, 6) is 0.977. The Morgan fingerprint density at radius 3 is 2.53 bits per heavy atom. The molecule has 0 spiro atoms. The molecular weight excluding hydrogens is 182 g/mol. The fourth-order valence-electron chi connectivity index (χ4n) is 1.84. The van der Waals surface area contributed by atoms with E-state index in [1.165, 1.54) is 30.5 Å². The molecule has 1 saturated carbocycles. The summed E-state index contributed by atoms with van der Waals surface area (Å²) >= 11 is 0. The van der Waals surface area contributed by atoms with Crippen LogP contribution in [0.4, 0.5) is 0 Å². The second-order valence-electron chi connectivity index (χ2n) is 4.94. The maximum Gasteiger partial charge on any atom is 0.00792 e. The molecule has 1 heteroatoms. The second kappa shape index (κ2) is 4.80. The monoisotopic (exact) mass is 203 g/mol. The van der Waals surface area contributed by atoms with Crippen molar-refractivity contribution in [3.8, 4) is 0 Å². The standard InChI is InChI=1S/C14H21N/c1-11-3-5-13(6-4-11)9-12(2)15-10-14-7-8-14/h3-6,12,14-15H,7-10H2,1-2H3. The van der Waals surface area contributed by atoms with Crippen molar-refractivity contribution in [3.05, 3.63) is 35.4 Å². The van der Waals surface area contributed by atoms with E-state index in [9.17, 15) is 0 Å². The smallest absolute Gasteiger partial charge is 0.00792 e. The first-order valence-electron chi connectivity index (χ1n) is 6.03. The molecule has 0 saturated heterocycles. The van der Waals surface area contributed by atoms with Gasteiger partial charge in [-0.15, -0.1) is 0 Å². The van der Waals surface area contributed by atoms with Crippen LogP contribution in [0.15, 0.2) is 24.3 Å². The maximum atomic E-state index is 3.61. The average molecular weight is 203 g/mol. The molecule has 1 N–H and O–H groups in total. The van der Waals surface area contributed by atoms with E-state index < -0.39 is 0 Å². The van der Waals surface area contributed by atoms with Crippen LogP contribution < -0.4 is 5.32 Å². The van der Waals surface area contributed by atoms with Gasteiger partial charge in [-0.25, -0.2) is 0 Å². The molecule has 1 aliphatic carbocycles. The van der Waals surface area contributed by atoms with Gasteiger partial charge in [0.25, 0.3) is 0 Å². The van der Waals surface area contributed by atoms with Crippen LogP contribution in [-0.4, -0.2) is 12.6 Å². The van der Waals surface area contributed by atoms with Crippen molar-refractivity contribution in [3.63, 3.8) is 0 Å². The lowest BCUT2D eigenvalue weighted by Crippen LogP contribution is -2.29. The molecule has 1 nitrogen and oxygen atoms in total. The molecule has 0 amide bonds. The molecule has 2 rings (SSSR count). The molecule has 1 fully saturated rings. The van der Waals surface area contributed by atoms with E-state index in [4.69, 9.17) is 0 Å². The second-order valence-corrected chi connectivity index (χ2v) is 4.94. The van der Waals surface area contributed by atoms with Gasteiger partial charge < -0.3 is 5.32 Å². The van der Waals surface area contributed by atoms with Gasteiger partial charge >= 0.3 is 0 Å². The molecule has 1 unspecified atom stereocenters. The predicted octanol–water partition coefficient (Wildman–Crippen LogP) is 2.93. The number of rotatable bonds is 5. The van der Waals surface area contributed by atoms with Crippen molar-refractivity contribution >= 4 is 0 Å². The lowest BCUT2D eigenvalue weighted by molar-refractivity contribution is 0.525. The highest BCUT2D eigenvalue weighted by atomic mass is 14.9. The lowest BCUT2D eigenvalue weighted by atomic mass is 10.1. The van der Waals surface area contributed by atoms with Crippen LogP contribution >= 0.6 is 0 Å². The number of benzene rings is 1. The first kappa shape index (κ1) is 10.7. The van der Waals surface area contributed by atoms with Crippen molar-refractivity contribution < 1.29 is 0 Å². The van der Waals surface area contributed by atoms with Crippen LogP contribution in [0, 0.1) is 12.8 Å². The largest absolute Gasteiger partial charge is 0.314 e. The van der Waals surface area contributed by atoms with E-state index in [0.29, 0.717) is 6.04 Å². The molecule has 1 aliphatic rings. The van der Waals surface area contributed by atoms with Gasteiger partial charge in [-0.2, -0.15) is 0 Å². The first-order valence-corrected chi connectivity index (χ1v) is 6.03. The Balaban J connectivity index is 1.76. The van der Waals surface area contributed by atoms with Crippen LogP contribution in [0.25, 0.3) is 0 Å².